The molecule has 1 N–H and O–H groups in total. The van der Waals surface area contributed by atoms with Crippen LogP contribution in [0.25, 0.3) is 0 Å². The molecular formula is C17H14ClFN4O3S. The lowest BCUT2D eigenvalue weighted by atomic mass is 10.3. The number of hydrogen-bond donors (Lipinski definition) is 1. The normalized spacial score (nSPS) is 11.8. The summed E-state index contributed by atoms with van der Waals surface area (Å²) in [6.45, 7) is 1.72. The van der Waals surface area contributed by atoms with Crippen LogP contribution in [0.15, 0.2) is 52.2 Å². The maximum atomic E-state index is 12.9. The van der Waals surface area contributed by atoms with E-state index >= 15 is 0 Å². The minimum Gasteiger partial charge on any atom is -0.481 e. The average molecular weight is 409 g/mol. The summed E-state index contributed by atoms with van der Waals surface area (Å²) in [6, 6.07) is 8.92. The summed E-state index contributed by atoms with van der Waals surface area (Å²) in [7, 11) is 0. The second-order valence-corrected chi connectivity index (χ2v) is 6.58. The Morgan fingerprint density at radius 1 is 1.33 bits per heavy atom. The second kappa shape index (κ2) is 8.83. The maximum absolute atomic E-state index is 12.9. The second-order valence-electron chi connectivity index (χ2n) is 5.30. The van der Waals surface area contributed by atoms with Crippen LogP contribution >= 0.6 is 23.4 Å². The van der Waals surface area contributed by atoms with Crippen LogP contribution in [-0.4, -0.2) is 26.8 Å². The Kier molecular flexibility index (Phi) is 6.25. The topological polar surface area (TPSA) is 90.1 Å². The average Bonchev–Trinajstić information content (AvgIpc) is 3.13. The lowest BCUT2D eigenvalue weighted by Gasteiger charge is -2.10. The van der Waals surface area contributed by atoms with Gasteiger partial charge in [0.05, 0.1) is 11.4 Å². The van der Waals surface area contributed by atoms with Crippen molar-refractivity contribution < 1.29 is 18.3 Å². The highest BCUT2D eigenvalue weighted by Crippen LogP contribution is 2.24. The summed E-state index contributed by atoms with van der Waals surface area (Å²) < 4.78 is 24.0. The van der Waals surface area contributed by atoms with Crippen molar-refractivity contribution in [1.82, 2.24) is 15.2 Å². The van der Waals surface area contributed by atoms with E-state index in [1.54, 1.807) is 19.1 Å². The number of pyridine rings is 1. The van der Waals surface area contributed by atoms with Crippen molar-refractivity contribution in [2.75, 3.05) is 11.1 Å². The first-order chi connectivity index (χ1) is 13.0. The molecule has 0 spiro atoms. The minimum absolute atomic E-state index is 0.0556. The van der Waals surface area contributed by atoms with Crippen molar-refractivity contribution in [1.29, 1.82) is 0 Å². The molecule has 7 nitrogen and oxygen atoms in total. The molecular weight excluding hydrogens is 395 g/mol. The number of carbonyl (C=O) groups is 1. The Hall–Kier alpha value is -2.65. The number of carbonyl (C=O) groups excluding carboxylic acids is 1. The molecule has 1 atom stereocenters. The van der Waals surface area contributed by atoms with Gasteiger partial charge in [-0.05, 0) is 43.3 Å². The molecule has 27 heavy (non-hydrogen) atoms. The van der Waals surface area contributed by atoms with Crippen LogP contribution < -0.4 is 10.1 Å². The molecule has 0 saturated heterocycles. The summed E-state index contributed by atoms with van der Waals surface area (Å²) in [6.07, 6.45) is 1.00. The summed E-state index contributed by atoms with van der Waals surface area (Å²) in [5.41, 5.74) is 0.428. The van der Waals surface area contributed by atoms with E-state index in [1.807, 2.05) is 0 Å². The summed E-state index contributed by atoms with van der Waals surface area (Å²) in [5, 5.41) is 10.9. The highest BCUT2D eigenvalue weighted by atomic mass is 35.5. The van der Waals surface area contributed by atoms with Gasteiger partial charge in [0, 0.05) is 6.20 Å². The number of benzene rings is 1. The van der Waals surface area contributed by atoms with Gasteiger partial charge >= 0.3 is 0 Å². The number of nitrogens with zero attached hydrogens (tertiary/aromatic N) is 3. The van der Waals surface area contributed by atoms with Crippen molar-refractivity contribution >= 4 is 35.0 Å². The van der Waals surface area contributed by atoms with Crippen molar-refractivity contribution in [3.05, 3.63) is 59.5 Å². The number of thioether (sulfide) groups is 1. The monoisotopic (exact) mass is 408 g/mol. The molecule has 0 aliphatic rings. The third-order valence-corrected chi connectivity index (χ3v) is 4.38. The lowest BCUT2D eigenvalue weighted by Crippen LogP contribution is -2.14. The molecule has 140 valence electrons. The van der Waals surface area contributed by atoms with Crippen molar-refractivity contribution in [2.45, 2.75) is 18.3 Å². The van der Waals surface area contributed by atoms with E-state index in [-0.39, 0.29) is 33.7 Å². The number of aromatic nitrogens is 3. The molecule has 3 rings (SSSR count). The standard InChI is InChI=1S/C17H14ClFN4O3S/c1-10(25-12-6-4-11(19)5-7-12)16-22-23-17(26-16)27-9-14(24)21-13-3-2-8-20-15(13)18/h2-8,10H,9H2,1H3,(H,21,24)/t10-/m1/s1. The van der Waals surface area contributed by atoms with Gasteiger partial charge in [-0.25, -0.2) is 9.37 Å². The number of rotatable bonds is 7. The van der Waals surface area contributed by atoms with Crippen LogP contribution in [0, 0.1) is 5.82 Å². The SMILES string of the molecule is C[C@@H](Oc1ccc(F)cc1)c1nnc(SCC(=O)Nc2cccnc2Cl)o1. The fourth-order valence-electron chi connectivity index (χ4n) is 2.00. The van der Waals surface area contributed by atoms with Gasteiger partial charge in [-0.15, -0.1) is 10.2 Å². The van der Waals surface area contributed by atoms with Gasteiger partial charge in [0.25, 0.3) is 11.1 Å². The van der Waals surface area contributed by atoms with Crippen LogP contribution in [-0.2, 0) is 4.79 Å². The zero-order valence-corrected chi connectivity index (χ0v) is 15.6. The molecule has 2 heterocycles. The maximum Gasteiger partial charge on any atom is 0.277 e. The molecule has 1 amide bonds. The van der Waals surface area contributed by atoms with Crippen molar-refractivity contribution in [2.24, 2.45) is 0 Å². The fraction of sp³-hybridized carbons (Fsp3) is 0.176. The van der Waals surface area contributed by atoms with Crippen LogP contribution in [0.3, 0.4) is 0 Å². The molecule has 3 aromatic rings. The Morgan fingerprint density at radius 2 is 2.11 bits per heavy atom. The van der Waals surface area contributed by atoms with Gasteiger partial charge in [-0.1, -0.05) is 23.4 Å². The quantitative estimate of drug-likeness (QED) is 0.464. The highest BCUT2D eigenvalue weighted by molar-refractivity contribution is 7.99. The van der Waals surface area contributed by atoms with E-state index in [2.05, 4.69) is 20.5 Å². The molecule has 0 saturated carbocycles. The number of anilines is 1. The fourth-order valence-corrected chi connectivity index (χ4v) is 2.74. The third-order valence-electron chi connectivity index (χ3n) is 3.26. The van der Waals surface area contributed by atoms with Gasteiger partial charge in [0.2, 0.25) is 5.91 Å². The van der Waals surface area contributed by atoms with E-state index < -0.39 is 6.10 Å². The number of amides is 1. The Labute approximate surface area is 163 Å². The number of halogens is 2. The Morgan fingerprint density at radius 3 is 2.85 bits per heavy atom. The number of ether oxygens (including phenoxy) is 1. The van der Waals surface area contributed by atoms with Gasteiger partial charge in [-0.3, -0.25) is 4.79 Å². The van der Waals surface area contributed by atoms with Crippen LogP contribution in [0.5, 0.6) is 5.75 Å². The molecule has 0 aliphatic heterocycles. The lowest BCUT2D eigenvalue weighted by molar-refractivity contribution is -0.113. The predicted octanol–water partition coefficient (Wildman–Crippen LogP) is 4.13. The molecule has 0 aliphatic carbocycles. The first-order valence-electron chi connectivity index (χ1n) is 7.80. The molecule has 10 heteroatoms. The van der Waals surface area contributed by atoms with E-state index in [9.17, 15) is 9.18 Å². The largest absolute Gasteiger partial charge is 0.481 e. The van der Waals surface area contributed by atoms with Crippen molar-refractivity contribution in [3.63, 3.8) is 0 Å². The minimum atomic E-state index is -0.527. The number of hydrogen-bond acceptors (Lipinski definition) is 7. The molecule has 0 fully saturated rings. The van der Waals surface area contributed by atoms with Crippen LogP contribution in [0.4, 0.5) is 10.1 Å². The van der Waals surface area contributed by atoms with Crippen LogP contribution in [0.2, 0.25) is 5.15 Å². The molecule has 0 bridgehead atoms. The first kappa shape index (κ1) is 19.1. The summed E-state index contributed by atoms with van der Waals surface area (Å²) >= 11 is 6.97. The Bertz CT molecular complexity index is 923. The van der Waals surface area contributed by atoms with E-state index in [4.69, 9.17) is 20.8 Å². The first-order valence-corrected chi connectivity index (χ1v) is 9.16. The van der Waals surface area contributed by atoms with E-state index in [1.165, 1.54) is 30.5 Å². The van der Waals surface area contributed by atoms with E-state index in [0.717, 1.165) is 11.8 Å². The van der Waals surface area contributed by atoms with Gasteiger partial charge in [0.15, 0.2) is 11.3 Å². The number of nitrogens with one attached hydrogen (secondary N) is 1. The van der Waals surface area contributed by atoms with Crippen molar-refractivity contribution in [3.8, 4) is 5.75 Å². The van der Waals surface area contributed by atoms with E-state index in [0.29, 0.717) is 11.4 Å². The summed E-state index contributed by atoms with van der Waals surface area (Å²) in [4.78, 5) is 15.9. The zero-order chi connectivity index (χ0) is 19.2. The van der Waals surface area contributed by atoms with Gasteiger partial charge < -0.3 is 14.5 Å². The third kappa shape index (κ3) is 5.41. The highest BCUT2D eigenvalue weighted by Gasteiger charge is 2.17. The zero-order valence-electron chi connectivity index (χ0n) is 14.1. The predicted molar refractivity (Wildman–Crippen MR) is 98.3 cm³/mol. The molecule has 2 aromatic heterocycles. The van der Waals surface area contributed by atoms with Gasteiger partial charge in [-0.2, -0.15) is 0 Å². The smallest absolute Gasteiger partial charge is 0.277 e. The van der Waals surface area contributed by atoms with Crippen LogP contribution in [0.1, 0.15) is 18.9 Å². The summed E-state index contributed by atoms with van der Waals surface area (Å²) in [5.74, 6) is 0.143. The van der Waals surface area contributed by atoms with Gasteiger partial charge in [0.1, 0.15) is 11.6 Å². The Balaban J connectivity index is 1.52. The molecule has 1 aromatic carbocycles. The molecule has 0 unspecified atom stereocenters. The molecule has 0 radical (unpaired) electrons.